The second-order valence-corrected chi connectivity index (χ2v) is 6.35. The van der Waals surface area contributed by atoms with E-state index in [1.54, 1.807) is 0 Å². The van der Waals surface area contributed by atoms with E-state index in [9.17, 15) is 4.79 Å². The molecule has 1 aliphatic carbocycles. The maximum atomic E-state index is 12.3. The summed E-state index contributed by atoms with van der Waals surface area (Å²) >= 11 is 0. The molecule has 18 heavy (non-hydrogen) atoms. The number of carbonyl (C=O) groups is 1. The van der Waals surface area contributed by atoms with Crippen molar-refractivity contribution in [2.45, 2.75) is 58.4 Å². The molecule has 2 aliphatic rings. The van der Waals surface area contributed by atoms with Crippen molar-refractivity contribution in [3.63, 3.8) is 0 Å². The number of hydrogen-bond donors (Lipinski definition) is 2. The maximum Gasteiger partial charge on any atom is 0.224 e. The molecule has 0 aromatic carbocycles. The predicted octanol–water partition coefficient (Wildman–Crippen LogP) is 2.32. The van der Waals surface area contributed by atoms with Gasteiger partial charge in [0.1, 0.15) is 0 Å². The van der Waals surface area contributed by atoms with Crippen LogP contribution in [0.5, 0.6) is 0 Å². The van der Waals surface area contributed by atoms with Gasteiger partial charge in [0.05, 0.1) is 5.92 Å². The third-order valence-electron chi connectivity index (χ3n) is 4.67. The molecular formula is C15H28N2O. The molecule has 1 saturated heterocycles. The summed E-state index contributed by atoms with van der Waals surface area (Å²) < 4.78 is 0. The Hall–Kier alpha value is -0.570. The van der Waals surface area contributed by atoms with Gasteiger partial charge in [0, 0.05) is 12.6 Å². The molecule has 1 amide bonds. The highest BCUT2D eigenvalue weighted by Gasteiger charge is 2.30. The Morgan fingerprint density at radius 3 is 2.61 bits per heavy atom. The molecule has 1 heterocycles. The lowest BCUT2D eigenvalue weighted by Crippen LogP contribution is -2.48. The molecule has 3 atom stereocenters. The molecule has 0 aromatic rings. The monoisotopic (exact) mass is 252 g/mol. The second-order valence-electron chi connectivity index (χ2n) is 6.35. The Balaban J connectivity index is 1.87. The van der Waals surface area contributed by atoms with Crippen LogP contribution in [0.3, 0.4) is 0 Å². The van der Waals surface area contributed by atoms with Crippen LogP contribution < -0.4 is 10.6 Å². The molecule has 104 valence electrons. The van der Waals surface area contributed by atoms with Gasteiger partial charge < -0.3 is 10.6 Å². The largest absolute Gasteiger partial charge is 0.353 e. The fourth-order valence-corrected chi connectivity index (χ4v) is 3.51. The van der Waals surface area contributed by atoms with Crippen molar-refractivity contribution in [1.29, 1.82) is 0 Å². The molecule has 2 fully saturated rings. The van der Waals surface area contributed by atoms with Gasteiger partial charge in [0.25, 0.3) is 0 Å². The third kappa shape index (κ3) is 3.47. The molecule has 1 aliphatic heterocycles. The van der Waals surface area contributed by atoms with Gasteiger partial charge in [-0.1, -0.05) is 26.7 Å². The zero-order valence-electron chi connectivity index (χ0n) is 11.9. The molecule has 0 bridgehead atoms. The van der Waals surface area contributed by atoms with E-state index in [1.807, 2.05) is 0 Å². The van der Waals surface area contributed by atoms with Crippen molar-refractivity contribution in [2.75, 3.05) is 13.1 Å². The van der Waals surface area contributed by atoms with Gasteiger partial charge in [0.2, 0.25) is 5.91 Å². The predicted molar refractivity (Wildman–Crippen MR) is 74.3 cm³/mol. The van der Waals surface area contributed by atoms with E-state index in [2.05, 4.69) is 24.5 Å². The minimum Gasteiger partial charge on any atom is -0.353 e. The van der Waals surface area contributed by atoms with Crippen LogP contribution in [-0.2, 0) is 4.79 Å². The van der Waals surface area contributed by atoms with Gasteiger partial charge in [0.15, 0.2) is 0 Å². The van der Waals surface area contributed by atoms with Crippen molar-refractivity contribution in [2.24, 2.45) is 17.8 Å². The number of nitrogens with one attached hydrogen (secondary N) is 2. The number of hydrogen-bond acceptors (Lipinski definition) is 2. The highest BCUT2D eigenvalue weighted by atomic mass is 16.2. The molecule has 0 radical (unpaired) electrons. The minimum atomic E-state index is 0.202. The normalized spacial score (nSPS) is 33.4. The fourth-order valence-electron chi connectivity index (χ4n) is 3.51. The highest BCUT2D eigenvalue weighted by molar-refractivity contribution is 5.79. The molecule has 1 saturated carbocycles. The number of amides is 1. The number of rotatable bonds is 3. The lowest BCUT2D eigenvalue weighted by Gasteiger charge is -2.36. The standard InChI is InChI=1S/C15H28N2O/c1-11(2)13-7-3-4-8-14(13)17-15(18)12-6-5-9-16-10-12/h11-14,16H,3-10H2,1-2H3,(H,17,18)/t12-,13?,14?/m1/s1. The molecule has 0 spiro atoms. The van der Waals surface area contributed by atoms with Crippen LogP contribution in [0.15, 0.2) is 0 Å². The van der Waals surface area contributed by atoms with Crippen molar-refractivity contribution >= 4 is 5.91 Å². The summed E-state index contributed by atoms with van der Waals surface area (Å²) in [6.45, 7) is 6.52. The summed E-state index contributed by atoms with van der Waals surface area (Å²) in [7, 11) is 0. The second kappa shape index (κ2) is 6.55. The van der Waals surface area contributed by atoms with Crippen LogP contribution >= 0.6 is 0 Å². The Morgan fingerprint density at radius 2 is 1.94 bits per heavy atom. The summed E-state index contributed by atoms with van der Waals surface area (Å²) in [5.74, 6) is 1.85. The highest BCUT2D eigenvalue weighted by Crippen LogP contribution is 2.30. The third-order valence-corrected chi connectivity index (χ3v) is 4.67. The van der Waals surface area contributed by atoms with E-state index < -0.39 is 0 Å². The Bertz CT molecular complexity index is 272. The fraction of sp³-hybridized carbons (Fsp3) is 0.933. The van der Waals surface area contributed by atoms with Gasteiger partial charge in [-0.15, -0.1) is 0 Å². The molecule has 2 N–H and O–H groups in total. The van der Waals surface area contributed by atoms with E-state index in [1.165, 1.54) is 25.7 Å². The Kier molecular flexibility index (Phi) is 5.04. The van der Waals surface area contributed by atoms with Crippen LogP contribution in [-0.4, -0.2) is 25.0 Å². The lowest BCUT2D eigenvalue weighted by atomic mass is 9.77. The van der Waals surface area contributed by atoms with E-state index in [0.717, 1.165) is 25.9 Å². The first-order valence-corrected chi connectivity index (χ1v) is 7.69. The zero-order valence-corrected chi connectivity index (χ0v) is 11.9. The maximum absolute atomic E-state index is 12.3. The minimum absolute atomic E-state index is 0.202. The smallest absolute Gasteiger partial charge is 0.224 e. The van der Waals surface area contributed by atoms with E-state index in [-0.39, 0.29) is 5.92 Å². The molecular weight excluding hydrogens is 224 g/mol. The lowest BCUT2D eigenvalue weighted by molar-refractivity contribution is -0.127. The molecule has 0 aromatic heterocycles. The van der Waals surface area contributed by atoms with E-state index in [0.29, 0.717) is 23.8 Å². The number of carbonyl (C=O) groups excluding carboxylic acids is 1. The average Bonchev–Trinajstić information content (AvgIpc) is 2.40. The van der Waals surface area contributed by atoms with Crippen LogP contribution in [0.2, 0.25) is 0 Å². The first-order chi connectivity index (χ1) is 8.68. The quantitative estimate of drug-likeness (QED) is 0.809. The SMILES string of the molecule is CC(C)C1CCCCC1NC(=O)[C@@H]1CCCNC1. The van der Waals surface area contributed by atoms with Crippen LogP contribution in [0, 0.1) is 17.8 Å². The molecule has 3 heteroatoms. The van der Waals surface area contributed by atoms with Gasteiger partial charge in [-0.25, -0.2) is 0 Å². The van der Waals surface area contributed by atoms with E-state index >= 15 is 0 Å². The van der Waals surface area contributed by atoms with Crippen LogP contribution in [0.1, 0.15) is 52.4 Å². The van der Waals surface area contributed by atoms with Gasteiger partial charge in [-0.2, -0.15) is 0 Å². The number of piperidine rings is 1. The van der Waals surface area contributed by atoms with Crippen molar-refractivity contribution < 1.29 is 4.79 Å². The van der Waals surface area contributed by atoms with Crippen molar-refractivity contribution in [1.82, 2.24) is 10.6 Å². The topological polar surface area (TPSA) is 41.1 Å². The zero-order chi connectivity index (χ0) is 13.0. The molecule has 3 nitrogen and oxygen atoms in total. The van der Waals surface area contributed by atoms with E-state index in [4.69, 9.17) is 0 Å². The summed E-state index contributed by atoms with van der Waals surface area (Å²) in [6, 6.07) is 0.424. The van der Waals surface area contributed by atoms with Crippen molar-refractivity contribution in [3.05, 3.63) is 0 Å². The van der Waals surface area contributed by atoms with Crippen LogP contribution in [0.4, 0.5) is 0 Å². The average molecular weight is 252 g/mol. The summed E-state index contributed by atoms with van der Waals surface area (Å²) in [5, 5.41) is 6.67. The van der Waals surface area contributed by atoms with Gasteiger partial charge in [-0.05, 0) is 44.1 Å². The summed E-state index contributed by atoms with van der Waals surface area (Å²) in [4.78, 5) is 12.3. The Morgan fingerprint density at radius 1 is 1.17 bits per heavy atom. The molecule has 2 unspecified atom stereocenters. The molecule has 2 rings (SSSR count). The first kappa shape index (κ1) is 13.9. The van der Waals surface area contributed by atoms with Crippen LogP contribution in [0.25, 0.3) is 0 Å². The first-order valence-electron chi connectivity index (χ1n) is 7.69. The van der Waals surface area contributed by atoms with Crippen molar-refractivity contribution in [3.8, 4) is 0 Å². The Labute approximate surface area is 111 Å². The van der Waals surface area contributed by atoms with Gasteiger partial charge in [-0.3, -0.25) is 4.79 Å². The summed E-state index contributed by atoms with van der Waals surface area (Å²) in [6.07, 6.45) is 7.26. The van der Waals surface area contributed by atoms with Gasteiger partial charge >= 0.3 is 0 Å². The summed E-state index contributed by atoms with van der Waals surface area (Å²) in [5.41, 5.74) is 0.